The summed E-state index contributed by atoms with van der Waals surface area (Å²) in [5, 5.41) is 2.89. The zero-order chi connectivity index (χ0) is 8.55. The predicted molar refractivity (Wildman–Crippen MR) is 47.6 cm³/mol. The fourth-order valence-electron chi connectivity index (χ4n) is 1.63. The molecule has 1 amide bonds. The van der Waals surface area contributed by atoms with E-state index in [-0.39, 0.29) is 5.91 Å². The van der Waals surface area contributed by atoms with Crippen molar-refractivity contribution in [2.24, 2.45) is 0 Å². The first-order valence-electron chi connectivity index (χ1n) is 4.41. The minimum absolute atomic E-state index is 0.187. The molecule has 1 heterocycles. The number of carbonyl (C=O) groups excluding carboxylic acids is 1. The number of hydrogen-bond acceptors (Lipinski definition) is 1. The number of β-lactam (4-membered cyclic amide) rings is 1. The summed E-state index contributed by atoms with van der Waals surface area (Å²) in [6.07, 6.45) is 7.27. The summed E-state index contributed by atoms with van der Waals surface area (Å²) in [6.45, 7) is 2.15. The quantitative estimate of drug-likeness (QED) is 0.584. The second-order valence-electron chi connectivity index (χ2n) is 3.58. The van der Waals surface area contributed by atoms with Gasteiger partial charge in [-0.1, -0.05) is 17.7 Å². The first-order valence-corrected chi connectivity index (χ1v) is 4.41. The highest BCUT2D eigenvalue weighted by Crippen LogP contribution is 2.24. The van der Waals surface area contributed by atoms with E-state index in [1.165, 1.54) is 11.1 Å². The predicted octanol–water partition coefficient (Wildman–Crippen LogP) is 1.54. The summed E-state index contributed by atoms with van der Waals surface area (Å²) in [5.41, 5.74) is 2.82. The Hall–Kier alpha value is -1.05. The number of hydrogen-bond donors (Lipinski definition) is 1. The SMILES string of the molecule is CC1=CC=C(C2CC(=O)N2)CC1. The second-order valence-corrected chi connectivity index (χ2v) is 3.58. The van der Waals surface area contributed by atoms with Crippen molar-refractivity contribution in [2.45, 2.75) is 32.2 Å². The highest BCUT2D eigenvalue weighted by molar-refractivity contribution is 5.84. The molecule has 0 aromatic rings. The van der Waals surface area contributed by atoms with Crippen LogP contribution in [0.2, 0.25) is 0 Å². The third-order valence-electron chi connectivity index (χ3n) is 2.56. The van der Waals surface area contributed by atoms with Gasteiger partial charge in [0.1, 0.15) is 0 Å². The Morgan fingerprint density at radius 3 is 2.67 bits per heavy atom. The normalized spacial score (nSPS) is 28.4. The molecule has 0 aromatic heterocycles. The van der Waals surface area contributed by atoms with E-state index in [1.807, 2.05) is 0 Å². The zero-order valence-corrected chi connectivity index (χ0v) is 7.26. The van der Waals surface area contributed by atoms with Gasteiger partial charge in [-0.15, -0.1) is 0 Å². The summed E-state index contributed by atoms with van der Waals surface area (Å²) < 4.78 is 0. The molecule has 1 fully saturated rings. The van der Waals surface area contributed by atoms with Crippen LogP contribution in [-0.4, -0.2) is 11.9 Å². The summed E-state index contributed by atoms with van der Waals surface area (Å²) in [5.74, 6) is 0.187. The van der Waals surface area contributed by atoms with Gasteiger partial charge in [-0.3, -0.25) is 4.79 Å². The Bertz CT molecular complexity index is 268. The Kier molecular flexibility index (Phi) is 1.75. The van der Waals surface area contributed by atoms with E-state index in [4.69, 9.17) is 0 Å². The van der Waals surface area contributed by atoms with Crippen LogP contribution in [0.3, 0.4) is 0 Å². The van der Waals surface area contributed by atoms with Gasteiger partial charge in [0, 0.05) is 0 Å². The molecule has 1 atom stereocenters. The minimum atomic E-state index is 0.187. The van der Waals surface area contributed by atoms with Crippen molar-refractivity contribution in [3.05, 3.63) is 23.3 Å². The lowest BCUT2D eigenvalue weighted by Gasteiger charge is -2.30. The van der Waals surface area contributed by atoms with E-state index >= 15 is 0 Å². The van der Waals surface area contributed by atoms with Gasteiger partial charge >= 0.3 is 0 Å². The number of carbonyl (C=O) groups is 1. The minimum Gasteiger partial charge on any atom is -0.349 e. The molecule has 2 aliphatic rings. The van der Waals surface area contributed by atoms with Crippen LogP contribution in [0.15, 0.2) is 23.3 Å². The van der Waals surface area contributed by atoms with Crippen molar-refractivity contribution in [1.29, 1.82) is 0 Å². The third-order valence-corrected chi connectivity index (χ3v) is 2.56. The van der Waals surface area contributed by atoms with Crippen molar-refractivity contribution >= 4 is 5.91 Å². The van der Waals surface area contributed by atoms with Gasteiger partial charge in [-0.2, -0.15) is 0 Å². The standard InChI is InChI=1S/C10H13NO/c1-7-2-4-8(5-3-7)9-6-10(12)11-9/h2,4,9H,3,5-6H2,1H3,(H,11,12). The molecule has 2 rings (SSSR count). The van der Waals surface area contributed by atoms with Crippen LogP contribution in [0.1, 0.15) is 26.2 Å². The fraction of sp³-hybridized carbons (Fsp3) is 0.500. The molecule has 2 nitrogen and oxygen atoms in total. The monoisotopic (exact) mass is 163 g/mol. The fourth-order valence-corrected chi connectivity index (χ4v) is 1.63. The van der Waals surface area contributed by atoms with E-state index in [2.05, 4.69) is 24.4 Å². The molecule has 1 aliphatic carbocycles. The lowest BCUT2D eigenvalue weighted by atomic mass is 9.89. The molecule has 12 heavy (non-hydrogen) atoms. The van der Waals surface area contributed by atoms with E-state index in [1.54, 1.807) is 0 Å². The summed E-state index contributed by atoms with van der Waals surface area (Å²) >= 11 is 0. The van der Waals surface area contributed by atoms with Gasteiger partial charge in [0.05, 0.1) is 12.5 Å². The summed E-state index contributed by atoms with van der Waals surface area (Å²) in [7, 11) is 0. The first kappa shape index (κ1) is 7.59. The Morgan fingerprint density at radius 1 is 1.42 bits per heavy atom. The van der Waals surface area contributed by atoms with Crippen LogP contribution >= 0.6 is 0 Å². The van der Waals surface area contributed by atoms with Gasteiger partial charge in [0.25, 0.3) is 0 Å². The van der Waals surface area contributed by atoms with Crippen molar-refractivity contribution < 1.29 is 4.79 Å². The summed E-state index contributed by atoms with van der Waals surface area (Å²) in [6, 6.07) is 0.349. The van der Waals surface area contributed by atoms with Crippen LogP contribution in [-0.2, 0) is 4.79 Å². The smallest absolute Gasteiger partial charge is 0.222 e. The molecular weight excluding hydrogens is 150 g/mol. The van der Waals surface area contributed by atoms with E-state index in [9.17, 15) is 4.79 Å². The summed E-state index contributed by atoms with van der Waals surface area (Å²) in [4.78, 5) is 10.7. The van der Waals surface area contributed by atoms with Crippen LogP contribution in [0, 0.1) is 0 Å². The van der Waals surface area contributed by atoms with E-state index < -0.39 is 0 Å². The highest BCUT2D eigenvalue weighted by atomic mass is 16.2. The molecular formula is C10H13NO. The third kappa shape index (κ3) is 1.29. The van der Waals surface area contributed by atoms with Crippen molar-refractivity contribution in [3.8, 4) is 0 Å². The number of allylic oxidation sites excluding steroid dienone is 3. The van der Waals surface area contributed by atoms with Gasteiger partial charge in [-0.25, -0.2) is 0 Å². The van der Waals surface area contributed by atoms with Crippen molar-refractivity contribution in [1.82, 2.24) is 5.32 Å². The van der Waals surface area contributed by atoms with Crippen LogP contribution in [0.4, 0.5) is 0 Å². The average Bonchev–Trinajstić information content (AvgIpc) is 2.01. The number of rotatable bonds is 1. The number of amides is 1. The first-order chi connectivity index (χ1) is 5.75. The zero-order valence-electron chi connectivity index (χ0n) is 7.26. The van der Waals surface area contributed by atoms with Crippen molar-refractivity contribution in [2.75, 3.05) is 0 Å². The van der Waals surface area contributed by atoms with E-state index in [0.717, 1.165) is 12.8 Å². The lowest BCUT2D eigenvalue weighted by Crippen LogP contribution is -2.49. The maximum atomic E-state index is 10.7. The van der Waals surface area contributed by atoms with Crippen molar-refractivity contribution in [3.63, 3.8) is 0 Å². The van der Waals surface area contributed by atoms with Crippen LogP contribution in [0.5, 0.6) is 0 Å². The lowest BCUT2D eigenvalue weighted by molar-refractivity contribution is -0.127. The molecule has 0 spiro atoms. The topological polar surface area (TPSA) is 29.1 Å². The molecule has 0 bridgehead atoms. The Labute approximate surface area is 72.3 Å². The van der Waals surface area contributed by atoms with Gasteiger partial charge in [0.2, 0.25) is 5.91 Å². The second kappa shape index (κ2) is 2.77. The number of nitrogens with one attached hydrogen (secondary N) is 1. The molecule has 0 aromatic carbocycles. The molecule has 1 saturated heterocycles. The Morgan fingerprint density at radius 2 is 2.17 bits per heavy atom. The molecule has 1 aliphatic heterocycles. The molecule has 1 N–H and O–H groups in total. The van der Waals surface area contributed by atoms with Gasteiger partial charge < -0.3 is 5.32 Å². The maximum absolute atomic E-state index is 10.7. The van der Waals surface area contributed by atoms with Gasteiger partial charge in [0.15, 0.2) is 0 Å². The van der Waals surface area contributed by atoms with Crippen LogP contribution < -0.4 is 5.32 Å². The Balaban J connectivity index is 2.01. The largest absolute Gasteiger partial charge is 0.349 e. The molecule has 0 saturated carbocycles. The highest BCUT2D eigenvalue weighted by Gasteiger charge is 2.28. The molecule has 2 heteroatoms. The van der Waals surface area contributed by atoms with Gasteiger partial charge in [-0.05, 0) is 25.3 Å². The molecule has 0 radical (unpaired) electrons. The van der Waals surface area contributed by atoms with E-state index in [0.29, 0.717) is 12.5 Å². The average molecular weight is 163 g/mol. The maximum Gasteiger partial charge on any atom is 0.222 e. The van der Waals surface area contributed by atoms with Crippen LogP contribution in [0.25, 0.3) is 0 Å². The molecule has 1 unspecified atom stereocenters. The molecule has 64 valence electrons.